The van der Waals surface area contributed by atoms with Crippen molar-refractivity contribution in [3.8, 4) is 27.9 Å². The van der Waals surface area contributed by atoms with E-state index in [2.05, 4.69) is 184 Å². The fraction of sp³-hybridized carbons (Fsp3) is 0.0364. The molecule has 7 aromatic carbocycles. The van der Waals surface area contributed by atoms with Crippen LogP contribution in [0.5, 0.6) is 0 Å². The van der Waals surface area contributed by atoms with Gasteiger partial charge in [-0.3, -0.25) is 14.8 Å². The van der Waals surface area contributed by atoms with Crippen LogP contribution in [0.4, 0.5) is 0 Å². The molecule has 0 aliphatic heterocycles. The Morgan fingerprint density at radius 2 is 0.763 bits per heavy atom. The van der Waals surface area contributed by atoms with E-state index in [1.54, 1.807) is 0 Å². The fourth-order valence-electron chi connectivity index (χ4n) is 10.6. The summed E-state index contributed by atoms with van der Waals surface area (Å²) in [7, 11) is 0. The number of hydrogen-bond donors (Lipinski definition) is 0. The molecule has 0 bridgehead atoms. The predicted molar refractivity (Wildman–Crippen MR) is 237 cm³/mol. The molecule has 4 nitrogen and oxygen atoms in total. The highest BCUT2D eigenvalue weighted by atomic mass is 16.1. The van der Waals surface area contributed by atoms with E-state index in [1.165, 1.54) is 44.5 Å². The van der Waals surface area contributed by atoms with Crippen LogP contribution >= 0.6 is 0 Å². The van der Waals surface area contributed by atoms with Gasteiger partial charge >= 0.3 is 0 Å². The van der Waals surface area contributed by atoms with Crippen LogP contribution in [-0.2, 0) is 10.8 Å². The number of rotatable bonds is 5. The molecule has 0 fully saturated rings. The summed E-state index contributed by atoms with van der Waals surface area (Å²) in [6.45, 7) is 0. The highest BCUT2D eigenvalue weighted by Crippen LogP contribution is 2.57. The molecular formula is C55H35N3O. The molecule has 0 spiro atoms. The Hall–Kier alpha value is -7.69. The number of fused-ring (bicyclic) bond motifs is 8. The van der Waals surface area contributed by atoms with Gasteiger partial charge in [-0.2, -0.15) is 0 Å². The number of pyridine rings is 3. The van der Waals surface area contributed by atoms with Gasteiger partial charge in [-0.1, -0.05) is 140 Å². The van der Waals surface area contributed by atoms with Crippen LogP contribution in [0.3, 0.4) is 0 Å². The first-order valence-corrected chi connectivity index (χ1v) is 20.1. The van der Waals surface area contributed by atoms with Crippen molar-refractivity contribution < 1.29 is 0 Å². The van der Waals surface area contributed by atoms with E-state index >= 15 is 4.79 Å². The summed E-state index contributed by atoms with van der Waals surface area (Å²) in [6, 6.07) is 66.5. The molecule has 276 valence electrons. The minimum Gasteiger partial charge on any atom is -0.309 e. The third-order valence-corrected chi connectivity index (χ3v) is 12.9. The Labute approximate surface area is 341 Å². The Morgan fingerprint density at radius 1 is 0.373 bits per heavy atom. The van der Waals surface area contributed by atoms with Gasteiger partial charge in [0.2, 0.25) is 0 Å². The molecule has 2 aliphatic carbocycles. The van der Waals surface area contributed by atoms with Crippen LogP contribution in [0, 0.1) is 0 Å². The van der Waals surface area contributed by atoms with Crippen LogP contribution < -0.4 is 5.43 Å². The van der Waals surface area contributed by atoms with Gasteiger partial charge in [-0.05, 0) is 115 Å². The van der Waals surface area contributed by atoms with Crippen LogP contribution in [0.2, 0.25) is 0 Å². The zero-order chi connectivity index (χ0) is 39.1. The molecule has 0 unspecified atom stereocenters. The van der Waals surface area contributed by atoms with Gasteiger partial charge in [0.15, 0.2) is 5.43 Å². The molecule has 3 aromatic heterocycles. The molecule has 59 heavy (non-hydrogen) atoms. The third kappa shape index (κ3) is 4.46. The van der Waals surface area contributed by atoms with Gasteiger partial charge in [0.1, 0.15) is 0 Å². The zero-order valence-corrected chi connectivity index (χ0v) is 32.0. The quantitative estimate of drug-likeness (QED) is 0.164. The largest absolute Gasteiger partial charge is 0.309 e. The summed E-state index contributed by atoms with van der Waals surface area (Å²) in [6.07, 6.45) is 7.61. The minimum absolute atomic E-state index is 0.00677. The first-order chi connectivity index (χ1) is 29.2. The second kappa shape index (κ2) is 12.7. The first-order valence-electron chi connectivity index (χ1n) is 20.1. The molecule has 0 radical (unpaired) electrons. The fourth-order valence-corrected chi connectivity index (χ4v) is 10.6. The molecular weight excluding hydrogens is 719 g/mol. The van der Waals surface area contributed by atoms with Crippen molar-refractivity contribution in [1.82, 2.24) is 14.5 Å². The van der Waals surface area contributed by atoms with Gasteiger partial charge in [0.05, 0.1) is 21.9 Å². The topological polar surface area (TPSA) is 47.8 Å². The number of benzene rings is 7. The van der Waals surface area contributed by atoms with Gasteiger partial charge in [0.25, 0.3) is 0 Å². The van der Waals surface area contributed by atoms with E-state index in [9.17, 15) is 0 Å². The maximum absolute atomic E-state index is 15.6. The van der Waals surface area contributed by atoms with Crippen LogP contribution in [0.25, 0.3) is 49.7 Å². The standard InChI is InChI=1S/C55H35N3O/c59-53-45-32-36(54(38-14-12-30-56-34-38)47-22-8-4-18-41(47)42-19-5-9-23-48(42)54)26-28-51(45)58(40-16-2-1-3-17-40)52-29-27-37(33-46(52)53)55(39-15-13-31-57-35-39)49-24-10-6-20-43(49)44-21-7-11-25-50(44)55/h1-35H. The molecule has 0 amide bonds. The zero-order valence-electron chi connectivity index (χ0n) is 32.0. The Balaban J connectivity index is 1.20. The van der Waals surface area contributed by atoms with E-state index in [0.29, 0.717) is 10.8 Å². The normalized spacial score (nSPS) is 14.1. The van der Waals surface area contributed by atoms with Crippen molar-refractivity contribution >= 4 is 21.8 Å². The Kier molecular flexibility index (Phi) is 7.18. The maximum atomic E-state index is 15.6. The summed E-state index contributed by atoms with van der Waals surface area (Å²) in [4.78, 5) is 25.0. The SMILES string of the molecule is O=c1c2cc(C3(c4cccnc4)c4ccccc4-c4ccccc43)ccc2n(-c2ccccc2)c2ccc(C3(c4cccnc4)c4ccccc4-c4ccccc43)cc12. The number of para-hydroxylation sites is 1. The van der Waals surface area contributed by atoms with Gasteiger partial charge in [-0.25, -0.2) is 0 Å². The lowest BCUT2D eigenvalue weighted by Crippen LogP contribution is -2.29. The van der Waals surface area contributed by atoms with E-state index in [-0.39, 0.29) is 5.43 Å². The van der Waals surface area contributed by atoms with E-state index in [1.807, 2.05) is 43.0 Å². The van der Waals surface area contributed by atoms with Crippen LogP contribution in [0.1, 0.15) is 44.5 Å². The Morgan fingerprint density at radius 3 is 1.15 bits per heavy atom. The molecule has 0 atom stereocenters. The van der Waals surface area contributed by atoms with Gasteiger partial charge in [-0.15, -0.1) is 0 Å². The average Bonchev–Trinajstić information content (AvgIpc) is 3.79. The molecule has 4 heteroatoms. The smallest absolute Gasteiger partial charge is 0.197 e. The monoisotopic (exact) mass is 753 g/mol. The van der Waals surface area contributed by atoms with Crippen LogP contribution in [-0.4, -0.2) is 14.5 Å². The number of aromatic nitrogens is 3. The minimum atomic E-state index is -0.696. The Bertz CT molecular complexity index is 3060. The lowest BCUT2D eigenvalue weighted by molar-refractivity contribution is 0.763. The molecule has 0 N–H and O–H groups in total. The third-order valence-electron chi connectivity index (χ3n) is 12.9. The summed E-state index contributed by atoms with van der Waals surface area (Å²) in [5, 5.41) is 1.31. The van der Waals surface area contributed by atoms with E-state index in [4.69, 9.17) is 0 Å². The highest BCUT2D eigenvalue weighted by molar-refractivity contribution is 5.98. The summed E-state index contributed by atoms with van der Waals surface area (Å²) >= 11 is 0. The van der Waals surface area contributed by atoms with Crippen molar-refractivity contribution in [3.63, 3.8) is 0 Å². The predicted octanol–water partition coefficient (Wildman–Crippen LogP) is 11.7. The van der Waals surface area contributed by atoms with Gasteiger partial charge in [0, 0.05) is 41.2 Å². The molecule has 3 heterocycles. The average molecular weight is 754 g/mol. The molecule has 2 aliphatic rings. The second-order valence-corrected chi connectivity index (χ2v) is 15.6. The lowest BCUT2D eigenvalue weighted by Gasteiger charge is -2.34. The molecule has 0 saturated heterocycles. The van der Waals surface area contributed by atoms with Crippen molar-refractivity contribution in [2.45, 2.75) is 10.8 Å². The highest BCUT2D eigenvalue weighted by Gasteiger charge is 2.48. The van der Waals surface area contributed by atoms with Crippen molar-refractivity contribution in [2.24, 2.45) is 0 Å². The first kappa shape index (κ1) is 33.4. The molecule has 0 saturated carbocycles. The van der Waals surface area contributed by atoms with Crippen molar-refractivity contribution in [1.29, 1.82) is 0 Å². The van der Waals surface area contributed by atoms with Crippen molar-refractivity contribution in [2.75, 3.05) is 0 Å². The lowest BCUT2D eigenvalue weighted by atomic mass is 9.67. The molecule has 12 rings (SSSR count). The molecule has 10 aromatic rings. The maximum Gasteiger partial charge on any atom is 0.197 e. The summed E-state index contributed by atoms with van der Waals surface area (Å²) in [5.41, 5.74) is 14.9. The summed E-state index contributed by atoms with van der Waals surface area (Å²) < 4.78 is 2.25. The number of nitrogens with zero attached hydrogens (tertiary/aromatic N) is 3. The van der Waals surface area contributed by atoms with Crippen LogP contribution in [0.15, 0.2) is 218 Å². The van der Waals surface area contributed by atoms with E-state index in [0.717, 1.165) is 39.0 Å². The van der Waals surface area contributed by atoms with Gasteiger partial charge < -0.3 is 4.57 Å². The van der Waals surface area contributed by atoms with E-state index < -0.39 is 10.8 Å². The number of hydrogen-bond acceptors (Lipinski definition) is 3. The van der Waals surface area contributed by atoms with Crippen molar-refractivity contribution in [3.05, 3.63) is 268 Å². The summed E-state index contributed by atoms with van der Waals surface area (Å²) in [5.74, 6) is 0. The second-order valence-electron chi connectivity index (χ2n) is 15.6.